The van der Waals surface area contributed by atoms with Gasteiger partial charge in [-0.3, -0.25) is 10.1 Å². The van der Waals surface area contributed by atoms with Gasteiger partial charge in [-0.25, -0.2) is 12.7 Å². The highest BCUT2D eigenvalue weighted by Gasteiger charge is 2.29. The quantitative estimate of drug-likeness (QED) is 0.601. The molecule has 0 radical (unpaired) electrons. The van der Waals surface area contributed by atoms with E-state index in [0.717, 1.165) is 11.6 Å². The molecule has 1 saturated heterocycles. The normalized spacial score (nSPS) is 16.2. The fourth-order valence-electron chi connectivity index (χ4n) is 3.19. The zero-order valence-corrected chi connectivity index (χ0v) is 15.4. The summed E-state index contributed by atoms with van der Waals surface area (Å²) < 4.78 is 40.3. The van der Waals surface area contributed by atoms with Crippen molar-refractivity contribution >= 4 is 21.4 Å². The van der Waals surface area contributed by atoms with Crippen LogP contribution in [0.2, 0.25) is 0 Å². The van der Waals surface area contributed by atoms with Crippen molar-refractivity contribution < 1.29 is 17.7 Å². The average molecular weight is 393 g/mol. The molecule has 1 N–H and O–H groups in total. The number of nitro benzene ring substituents is 1. The number of nitrogens with zero attached hydrogens (tertiary/aromatic N) is 2. The van der Waals surface area contributed by atoms with Gasteiger partial charge in [-0.2, -0.15) is 4.39 Å². The number of hydrogen-bond acceptors (Lipinski definition) is 5. The summed E-state index contributed by atoms with van der Waals surface area (Å²) in [6.07, 6.45) is 0.976. The number of rotatable bonds is 6. The van der Waals surface area contributed by atoms with Gasteiger partial charge in [0.15, 0.2) is 0 Å². The molecule has 2 aromatic rings. The number of nitro groups is 1. The van der Waals surface area contributed by atoms with E-state index in [1.807, 2.05) is 6.07 Å². The van der Waals surface area contributed by atoms with Crippen LogP contribution in [0.1, 0.15) is 18.4 Å². The Hall–Kier alpha value is -2.52. The first kappa shape index (κ1) is 19.2. The van der Waals surface area contributed by atoms with E-state index in [1.165, 1.54) is 16.4 Å². The fourth-order valence-corrected chi connectivity index (χ4v) is 4.76. The third-order valence-corrected chi connectivity index (χ3v) is 6.42. The summed E-state index contributed by atoms with van der Waals surface area (Å²) in [5.74, 6) is -0.950. The number of piperidine rings is 1. The summed E-state index contributed by atoms with van der Waals surface area (Å²) in [6, 6.07) is 12.7. The van der Waals surface area contributed by atoms with Crippen molar-refractivity contribution in [2.75, 3.05) is 18.4 Å². The van der Waals surface area contributed by atoms with Gasteiger partial charge in [0.2, 0.25) is 15.8 Å². The van der Waals surface area contributed by atoms with Crippen molar-refractivity contribution in [3.63, 3.8) is 0 Å². The minimum absolute atomic E-state index is 0.0543. The molecule has 9 heteroatoms. The number of anilines is 1. The average Bonchev–Trinajstić information content (AvgIpc) is 2.62. The lowest BCUT2D eigenvalue weighted by molar-refractivity contribution is -0.386. The number of halogens is 1. The zero-order valence-electron chi connectivity index (χ0n) is 14.5. The van der Waals surface area contributed by atoms with Crippen LogP contribution in [0.5, 0.6) is 0 Å². The van der Waals surface area contributed by atoms with Crippen LogP contribution >= 0.6 is 0 Å². The van der Waals surface area contributed by atoms with Crippen LogP contribution in [0.3, 0.4) is 0 Å². The number of hydrogen-bond donors (Lipinski definition) is 1. The highest BCUT2D eigenvalue weighted by atomic mass is 32.2. The van der Waals surface area contributed by atoms with Crippen molar-refractivity contribution in [3.05, 3.63) is 70.0 Å². The molecule has 27 heavy (non-hydrogen) atoms. The van der Waals surface area contributed by atoms with Crippen molar-refractivity contribution in [1.29, 1.82) is 0 Å². The van der Waals surface area contributed by atoms with Gasteiger partial charge in [0.25, 0.3) is 0 Å². The molecule has 1 fully saturated rings. The lowest BCUT2D eigenvalue weighted by atomic mass is 10.1. The van der Waals surface area contributed by atoms with Crippen molar-refractivity contribution in [2.24, 2.45) is 0 Å². The van der Waals surface area contributed by atoms with Crippen molar-refractivity contribution in [3.8, 4) is 0 Å². The molecule has 7 nitrogen and oxygen atoms in total. The summed E-state index contributed by atoms with van der Waals surface area (Å²) in [4.78, 5) is 10.3. The smallest absolute Gasteiger partial charge is 0.327 e. The van der Waals surface area contributed by atoms with E-state index in [4.69, 9.17) is 0 Å². The molecule has 1 aliphatic rings. The molecule has 0 bridgehead atoms. The highest BCUT2D eigenvalue weighted by molar-refractivity contribution is 7.88. The van der Waals surface area contributed by atoms with Crippen LogP contribution in [0.25, 0.3) is 0 Å². The van der Waals surface area contributed by atoms with E-state index >= 15 is 0 Å². The maximum absolute atomic E-state index is 13.7. The van der Waals surface area contributed by atoms with E-state index in [1.54, 1.807) is 24.3 Å². The third kappa shape index (κ3) is 4.61. The van der Waals surface area contributed by atoms with Gasteiger partial charge in [-0.05, 0) is 30.5 Å². The Bertz CT molecular complexity index is 913. The molecule has 1 heterocycles. The molecule has 0 aliphatic carbocycles. The van der Waals surface area contributed by atoms with E-state index in [2.05, 4.69) is 5.32 Å². The Balaban J connectivity index is 1.63. The minimum Gasteiger partial charge on any atom is -0.377 e. The number of para-hydroxylation sites is 1. The van der Waals surface area contributed by atoms with Crippen LogP contribution < -0.4 is 5.32 Å². The van der Waals surface area contributed by atoms with Crippen LogP contribution in [0, 0.1) is 15.9 Å². The molecule has 0 amide bonds. The van der Waals surface area contributed by atoms with Crippen LogP contribution in [0.4, 0.5) is 15.8 Å². The Labute approximate surface area is 157 Å². The molecule has 0 atom stereocenters. The monoisotopic (exact) mass is 393 g/mol. The van der Waals surface area contributed by atoms with Gasteiger partial charge in [0, 0.05) is 19.1 Å². The Morgan fingerprint density at radius 1 is 1.11 bits per heavy atom. The second kappa shape index (κ2) is 8.01. The Morgan fingerprint density at radius 3 is 2.41 bits per heavy atom. The van der Waals surface area contributed by atoms with Crippen LogP contribution in [-0.2, 0) is 15.8 Å². The van der Waals surface area contributed by atoms with Gasteiger partial charge >= 0.3 is 5.69 Å². The molecule has 3 rings (SSSR count). The Kier molecular flexibility index (Phi) is 5.71. The van der Waals surface area contributed by atoms with Gasteiger partial charge < -0.3 is 5.32 Å². The first-order valence-corrected chi connectivity index (χ1v) is 10.2. The molecule has 144 valence electrons. The standard InChI is InChI=1S/C18H20FN3O4S/c19-16-7-4-8-17(18(16)22(23)24)20-15-9-11-21(12-10-15)27(25,26)13-14-5-2-1-3-6-14/h1-8,15,20H,9-13H2. The fraction of sp³-hybridized carbons (Fsp3) is 0.333. The van der Waals surface area contributed by atoms with Crippen LogP contribution in [-0.4, -0.2) is 36.8 Å². The number of sulfonamides is 1. The maximum Gasteiger partial charge on any atom is 0.327 e. The van der Waals surface area contributed by atoms with E-state index < -0.39 is 26.5 Å². The molecule has 0 unspecified atom stereocenters. The summed E-state index contributed by atoms with van der Waals surface area (Å²) >= 11 is 0. The number of nitrogens with one attached hydrogen (secondary N) is 1. The molecule has 0 aromatic heterocycles. The molecule has 0 spiro atoms. The summed E-state index contributed by atoms with van der Waals surface area (Å²) in [6.45, 7) is 0.631. The lowest BCUT2D eigenvalue weighted by Crippen LogP contribution is -2.42. The third-order valence-electron chi connectivity index (χ3n) is 4.57. The van der Waals surface area contributed by atoms with E-state index in [0.29, 0.717) is 25.9 Å². The SMILES string of the molecule is O=[N+]([O-])c1c(F)cccc1NC1CCN(S(=O)(=O)Cc2ccccc2)CC1. The molecular formula is C18H20FN3O4S. The van der Waals surface area contributed by atoms with Crippen LogP contribution in [0.15, 0.2) is 48.5 Å². The highest BCUT2D eigenvalue weighted by Crippen LogP contribution is 2.29. The number of benzene rings is 2. The predicted octanol–water partition coefficient (Wildman–Crippen LogP) is 3.14. The maximum atomic E-state index is 13.7. The van der Waals surface area contributed by atoms with Gasteiger partial charge in [0.1, 0.15) is 5.69 Å². The second-order valence-corrected chi connectivity index (χ2v) is 8.42. The summed E-state index contributed by atoms with van der Waals surface area (Å²) in [5.41, 5.74) is 0.260. The summed E-state index contributed by atoms with van der Waals surface area (Å²) in [7, 11) is -3.42. The second-order valence-electron chi connectivity index (χ2n) is 6.45. The van der Waals surface area contributed by atoms with Crippen molar-refractivity contribution in [2.45, 2.75) is 24.6 Å². The first-order chi connectivity index (χ1) is 12.9. The zero-order chi connectivity index (χ0) is 19.4. The Morgan fingerprint density at radius 2 is 1.78 bits per heavy atom. The van der Waals surface area contributed by atoms with Gasteiger partial charge in [-0.15, -0.1) is 0 Å². The molecular weight excluding hydrogens is 373 g/mol. The van der Waals surface area contributed by atoms with E-state index in [-0.39, 0.29) is 17.5 Å². The minimum atomic E-state index is -3.42. The van der Waals surface area contributed by atoms with Gasteiger partial charge in [0.05, 0.1) is 10.7 Å². The first-order valence-electron chi connectivity index (χ1n) is 8.58. The molecule has 2 aromatic carbocycles. The summed E-state index contributed by atoms with van der Waals surface area (Å²) in [5, 5.41) is 14.1. The van der Waals surface area contributed by atoms with Gasteiger partial charge in [-0.1, -0.05) is 36.4 Å². The predicted molar refractivity (Wildman–Crippen MR) is 100 cm³/mol. The van der Waals surface area contributed by atoms with E-state index in [9.17, 15) is 22.9 Å². The topological polar surface area (TPSA) is 92.6 Å². The lowest BCUT2D eigenvalue weighted by Gasteiger charge is -2.32. The largest absolute Gasteiger partial charge is 0.377 e. The van der Waals surface area contributed by atoms with Crippen molar-refractivity contribution in [1.82, 2.24) is 4.31 Å². The molecule has 1 aliphatic heterocycles. The molecule has 0 saturated carbocycles.